The summed E-state index contributed by atoms with van der Waals surface area (Å²) in [5.74, 6) is 0.455. The van der Waals surface area contributed by atoms with E-state index in [2.05, 4.69) is 18.9 Å². The molecule has 0 atom stereocenters. The highest BCUT2D eigenvalue weighted by molar-refractivity contribution is 5.79. The van der Waals surface area contributed by atoms with E-state index in [1.54, 1.807) is 0 Å². The third-order valence-electron chi connectivity index (χ3n) is 2.71. The van der Waals surface area contributed by atoms with Crippen LogP contribution in [0.5, 0.6) is 0 Å². The van der Waals surface area contributed by atoms with Crippen LogP contribution in [0.1, 0.15) is 39.0 Å². The van der Waals surface area contributed by atoms with E-state index in [9.17, 15) is 4.79 Å². The van der Waals surface area contributed by atoms with Crippen molar-refractivity contribution in [3.05, 3.63) is 0 Å². The first-order valence-electron chi connectivity index (χ1n) is 4.96. The van der Waals surface area contributed by atoms with Gasteiger partial charge in [0.05, 0.1) is 0 Å². The first-order valence-corrected chi connectivity index (χ1v) is 4.96. The summed E-state index contributed by atoms with van der Waals surface area (Å²) in [7, 11) is 2.17. The lowest BCUT2D eigenvalue weighted by Crippen LogP contribution is -2.35. The van der Waals surface area contributed by atoms with E-state index in [1.807, 2.05) is 0 Å². The minimum atomic E-state index is 0.455. The Morgan fingerprint density at radius 1 is 1.42 bits per heavy atom. The maximum atomic E-state index is 11.0. The highest BCUT2D eigenvalue weighted by atomic mass is 16.1. The van der Waals surface area contributed by atoms with Crippen molar-refractivity contribution in [2.45, 2.75) is 45.1 Å². The second-order valence-corrected chi connectivity index (χ2v) is 3.75. The van der Waals surface area contributed by atoms with E-state index in [0.717, 1.165) is 25.7 Å². The smallest absolute Gasteiger partial charge is 0.133 e. The molecule has 0 N–H and O–H groups in total. The molecule has 2 nitrogen and oxygen atoms in total. The van der Waals surface area contributed by atoms with Crippen LogP contribution < -0.4 is 0 Å². The third kappa shape index (κ3) is 2.59. The van der Waals surface area contributed by atoms with Gasteiger partial charge in [-0.25, -0.2) is 0 Å². The predicted molar refractivity (Wildman–Crippen MR) is 50.2 cm³/mol. The first kappa shape index (κ1) is 9.72. The second-order valence-electron chi connectivity index (χ2n) is 3.75. The summed E-state index contributed by atoms with van der Waals surface area (Å²) < 4.78 is 0. The summed E-state index contributed by atoms with van der Waals surface area (Å²) in [6.45, 7) is 3.36. The van der Waals surface area contributed by atoms with Gasteiger partial charge in [-0.15, -0.1) is 0 Å². The van der Waals surface area contributed by atoms with Crippen LogP contribution in [0.15, 0.2) is 0 Å². The Labute approximate surface area is 74.9 Å². The van der Waals surface area contributed by atoms with Crippen molar-refractivity contribution < 1.29 is 4.79 Å². The topological polar surface area (TPSA) is 20.3 Å². The molecular formula is C10H19NO. The fourth-order valence-corrected chi connectivity index (χ4v) is 1.90. The average Bonchev–Trinajstić information content (AvgIpc) is 2.06. The Hall–Kier alpha value is -0.370. The van der Waals surface area contributed by atoms with Crippen molar-refractivity contribution in [3.8, 4) is 0 Å². The SMILES string of the molecule is CCCN(C)C1CCC(=O)CC1. The quantitative estimate of drug-likeness (QED) is 0.642. The van der Waals surface area contributed by atoms with Gasteiger partial charge >= 0.3 is 0 Å². The highest BCUT2D eigenvalue weighted by Gasteiger charge is 2.21. The summed E-state index contributed by atoms with van der Waals surface area (Å²) in [4.78, 5) is 13.4. The Bertz CT molecular complexity index is 146. The lowest BCUT2D eigenvalue weighted by Gasteiger charge is -2.30. The van der Waals surface area contributed by atoms with Crippen LogP contribution in [-0.2, 0) is 4.79 Å². The van der Waals surface area contributed by atoms with Gasteiger partial charge < -0.3 is 4.90 Å². The fourth-order valence-electron chi connectivity index (χ4n) is 1.90. The fraction of sp³-hybridized carbons (Fsp3) is 0.900. The maximum absolute atomic E-state index is 11.0. The second kappa shape index (κ2) is 4.61. The number of hydrogen-bond acceptors (Lipinski definition) is 2. The lowest BCUT2D eigenvalue weighted by atomic mass is 9.93. The van der Waals surface area contributed by atoms with Crippen molar-refractivity contribution >= 4 is 5.78 Å². The van der Waals surface area contributed by atoms with Gasteiger partial charge in [-0.05, 0) is 32.9 Å². The van der Waals surface area contributed by atoms with Crippen molar-refractivity contribution in [2.75, 3.05) is 13.6 Å². The highest BCUT2D eigenvalue weighted by Crippen LogP contribution is 2.19. The van der Waals surface area contributed by atoms with E-state index in [0.29, 0.717) is 11.8 Å². The van der Waals surface area contributed by atoms with E-state index in [-0.39, 0.29) is 0 Å². The Morgan fingerprint density at radius 3 is 2.50 bits per heavy atom. The van der Waals surface area contributed by atoms with Crippen LogP contribution in [0, 0.1) is 0 Å². The van der Waals surface area contributed by atoms with Crippen LogP contribution in [0.4, 0.5) is 0 Å². The number of rotatable bonds is 3. The largest absolute Gasteiger partial charge is 0.303 e. The molecule has 1 saturated carbocycles. The maximum Gasteiger partial charge on any atom is 0.133 e. The minimum Gasteiger partial charge on any atom is -0.303 e. The molecule has 0 aromatic carbocycles. The summed E-state index contributed by atoms with van der Waals surface area (Å²) in [6, 6.07) is 0.669. The Kier molecular flexibility index (Phi) is 3.73. The van der Waals surface area contributed by atoms with Crippen LogP contribution in [0.25, 0.3) is 0 Å². The molecule has 0 unspecified atom stereocenters. The van der Waals surface area contributed by atoms with Crippen molar-refractivity contribution in [1.82, 2.24) is 4.90 Å². The number of nitrogens with zero attached hydrogens (tertiary/aromatic N) is 1. The van der Waals surface area contributed by atoms with Crippen molar-refractivity contribution in [2.24, 2.45) is 0 Å². The van der Waals surface area contributed by atoms with Gasteiger partial charge in [-0.3, -0.25) is 4.79 Å². The van der Waals surface area contributed by atoms with Gasteiger partial charge in [-0.1, -0.05) is 6.92 Å². The lowest BCUT2D eigenvalue weighted by molar-refractivity contribution is -0.121. The summed E-state index contributed by atoms with van der Waals surface area (Å²) in [6.07, 6.45) is 4.98. The van der Waals surface area contributed by atoms with Gasteiger partial charge in [0.1, 0.15) is 5.78 Å². The normalized spacial score (nSPS) is 20.4. The Morgan fingerprint density at radius 2 is 2.00 bits per heavy atom. The standard InChI is InChI=1S/C10H19NO/c1-3-8-11(2)9-4-6-10(12)7-5-9/h9H,3-8H2,1-2H3. The molecule has 0 spiro atoms. The molecule has 0 radical (unpaired) electrons. The van der Waals surface area contributed by atoms with Gasteiger partial charge in [0.15, 0.2) is 0 Å². The molecule has 2 heteroatoms. The van der Waals surface area contributed by atoms with E-state index < -0.39 is 0 Å². The molecule has 0 aromatic rings. The molecule has 1 rings (SSSR count). The van der Waals surface area contributed by atoms with Crippen LogP contribution in [-0.4, -0.2) is 30.3 Å². The molecule has 0 aromatic heterocycles. The van der Waals surface area contributed by atoms with Crippen LogP contribution in [0.3, 0.4) is 0 Å². The number of carbonyl (C=O) groups is 1. The number of hydrogen-bond donors (Lipinski definition) is 0. The molecule has 0 heterocycles. The molecule has 0 aliphatic heterocycles. The van der Waals surface area contributed by atoms with E-state index in [4.69, 9.17) is 0 Å². The zero-order valence-electron chi connectivity index (χ0n) is 8.18. The van der Waals surface area contributed by atoms with E-state index >= 15 is 0 Å². The first-order chi connectivity index (χ1) is 5.74. The van der Waals surface area contributed by atoms with E-state index in [1.165, 1.54) is 13.0 Å². The number of carbonyl (C=O) groups excluding carboxylic acids is 1. The molecular weight excluding hydrogens is 150 g/mol. The van der Waals surface area contributed by atoms with Gasteiger partial charge in [0.25, 0.3) is 0 Å². The molecule has 0 bridgehead atoms. The van der Waals surface area contributed by atoms with Gasteiger partial charge in [-0.2, -0.15) is 0 Å². The molecule has 1 aliphatic carbocycles. The number of Topliss-reactive ketones (excluding diaryl/α,β-unsaturated/α-hetero) is 1. The molecule has 1 fully saturated rings. The minimum absolute atomic E-state index is 0.455. The molecule has 12 heavy (non-hydrogen) atoms. The summed E-state index contributed by atoms with van der Waals surface area (Å²) in [5.41, 5.74) is 0. The molecule has 70 valence electrons. The Balaban J connectivity index is 2.28. The molecule has 1 aliphatic rings. The zero-order chi connectivity index (χ0) is 8.97. The summed E-state index contributed by atoms with van der Waals surface area (Å²) >= 11 is 0. The summed E-state index contributed by atoms with van der Waals surface area (Å²) in [5, 5.41) is 0. The van der Waals surface area contributed by atoms with Crippen LogP contribution >= 0.6 is 0 Å². The van der Waals surface area contributed by atoms with Crippen LogP contribution in [0.2, 0.25) is 0 Å². The van der Waals surface area contributed by atoms with Gasteiger partial charge in [0.2, 0.25) is 0 Å². The average molecular weight is 169 g/mol. The van der Waals surface area contributed by atoms with Gasteiger partial charge in [0, 0.05) is 18.9 Å². The number of ketones is 1. The monoisotopic (exact) mass is 169 g/mol. The van der Waals surface area contributed by atoms with Crippen molar-refractivity contribution in [1.29, 1.82) is 0 Å². The van der Waals surface area contributed by atoms with Crippen molar-refractivity contribution in [3.63, 3.8) is 0 Å². The zero-order valence-corrected chi connectivity index (χ0v) is 8.18. The predicted octanol–water partition coefficient (Wildman–Crippen LogP) is 1.84. The molecule has 0 amide bonds. The molecule has 0 saturated heterocycles. The third-order valence-corrected chi connectivity index (χ3v) is 2.71.